The number of benzene rings is 2. The molecule has 0 spiro atoms. The smallest absolute Gasteiger partial charge is 0.0779 e. The van der Waals surface area contributed by atoms with Crippen LogP contribution in [-0.4, -0.2) is 26.0 Å². The van der Waals surface area contributed by atoms with E-state index in [1.165, 1.54) is 15.4 Å². The zero-order chi connectivity index (χ0) is 17.6. The van der Waals surface area contributed by atoms with Crippen molar-refractivity contribution in [1.29, 1.82) is 0 Å². The number of ether oxygens (including phenoxy) is 1. The van der Waals surface area contributed by atoms with Crippen molar-refractivity contribution in [1.82, 2.24) is 5.32 Å². The quantitative estimate of drug-likeness (QED) is 0.688. The topological polar surface area (TPSA) is 33.6 Å². The largest absolute Gasteiger partial charge is 0.385 e. The maximum absolute atomic E-state index is 5.08. The van der Waals surface area contributed by atoms with E-state index in [2.05, 4.69) is 61.3 Å². The lowest BCUT2D eigenvalue weighted by molar-refractivity contribution is 0.195. The highest BCUT2D eigenvalue weighted by Crippen LogP contribution is 2.41. The molecule has 1 N–H and O–H groups in total. The van der Waals surface area contributed by atoms with E-state index in [9.17, 15) is 0 Å². The molecule has 0 saturated carbocycles. The van der Waals surface area contributed by atoms with Gasteiger partial charge in [-0.2, -0.15) is 0 Å². The molecule has 0 bridgehead atoms. The summed E-state index contributed by atoms with van der Waals surface area (Å²) >= 11 is 1.79. The van der Waals surface area contributed by atoms with Crippen molar-refractivity contribution in [3.63, 3.8) is 0 Å². The Morgan fingerprint density at radius 2 is 2.04 bits per heavy atom. The molecule has 1 aliphatic heterocycles. The SMILES string of the molecule is C=C(NCCCOC)c1ccc2c(c1)N=C(CC)c1ccccc1S2. The van der Waals surface area contributed by atoms with Crippen LogP contribution in [0.5, 0.6) is 0 Å². The summed E-state index contributed by atoms with van der Waals surface area (Å²) in [5.41, 5.74) is 5.41. The fraction of sp³-hybridized carbons (Fsp3) is 0.286. The normalized spacial score (nSPS) is 12.6. The van der Waals surface area contributed by atoms with Crippen LogP contribution >= 0.6 is 11.8 Å². The third-order valence-electron chi connectivity index (χ3n) is 4.18. The third kappa shape index (κ3) is 4.14. The first-order valence-corrected chi connectivity index (χ1v) is 9.45. The summed E-state index contributed by atoms with van der Waals surface area (Å²) in [6.07, 6.45) is 1.88. The first-order chi connectivity index (χ1) is 12.2. The van der Waals surface area contributed by atoms with Gasteiger partial charge in [-0.1, -0.05) is 49.5 Å². The number of nitrogens with zero attached hydrogens (tertiary/aromatic N) is 1. The van der Waals surface area contributed by atoms with Crippen LogP contribution in [0.25, 0.3) is 5.70 Å². The molecule has 1 aliphatic rings. The third-order valence-corrected chi connectivity index (χ3v) is 5.32. The van der Waals surface area contributed by atoms with Crippen LogP contribution in [-0.2, 0) is 4.74 Å². The lowest BCUT2D eigenvalue weighted by Gasteiger charge is -2.11. The standard InChI is InChI=1S/C21H24N2OS/c1-4-18-17-8-5-6-9-20(17)25-21-11-10-16(14-19(21)23-18)15(2)22-12-7-13-24-3/h5-6,8-11,14,22H,2,4,7,12-13H2,1,3H3. The molecule has 1 heterocycles. The van der Waals surface area contributed by atoms with Gasteiger partial charge in [-0.05, 0) is 36.6 Å². The van der Waals surface area contributed by atoms with Gasteiger partial charge in [0.1, 0.15) is 0 Å². The number of methoxy groups -OCH3 is 1. The van der Waals surface area contributed by atoms with Crippen LogP contribution in [0.2, 0.25) is 0 Å². The minimum Gasteiger partial charge on any atom is -0.385 e. The van der Waals surface area contributed by atoms with E-state index in [0.29, 0.717) is 0 Å². The summed E-state index contributed by atoms with van der Waals surface area (Å²) < 4.78 is 5.08. The van der Waals surface area contributed by atoms with Crippen molar-refractivity contribution in [2.24, 2.45) is 4.99 Å². The Hall–Kier alpha value is -2.04. The average molecular weight is 353 g/mol. The van der Waals surface area contributed by atoms with Gasteiger partial charge in [-0.15, -0.1) is 0 Å². The lowest BCUT2D eigenvalue weighted by atomic mass is 10.1. The zero-order valence-electron chi connectivity index (χ0n) is 14.8. The average Bonchev–Trinajstić information content (AvgIpc) is 2.80. The molecule has 0 aromatic heterocycles. The van der Waals surface area contributed by atoms with Crippen molar-refractivity contribution in [2.45, 2.75) is 29.6 Å². The molecule has 0 atom stereocenters. The molecule has 0 unspecified atom stereocenters. The van der Waals surface area contributed by atoms with E-state index >= 15 is 0 Å². The number of hydrogen-bond donors (Lipinski definition) is 1. The van der Waals surface area contributed by atoms with Gasteiger partial charge in [-0.3, -0.25) is 4.99 Å². The molecule has 130 valence electrons. The number of aliphatic imine (C=N–C) groups is 1. The maximum Gasteiger partial charge on any atom is 0.0779 e. The molecule has 3 nitrogen and oxygen atoms in total. The van der Waals surface area contributed by atoms with Gasteiger partial charge >= 0.3 is 0 Å². The molecule has 3 rings (SSSR count). The molecule has 0 radical (unpaired) electrons. The molecule has 25 heavy (non-hydrogen) atoms. The van der Waals surface area contributed by atoms with E-state index in [1.807, 2.05) is 0 Å². The van der Waals surface area contributed by atoms with E-state index in [1.54, 1.807) is 18.9 Å². The fourth-order valence-electron chi connectivity index (χ4n) is 2.82. The van der Waals surface area contributed by atoms with Gasteiger partial charge in [0.25, 0.3) is 0 Å². The molecule has 2 aromatic rings. The summed E-state index contributed by atoms with van der Waals surface area (Å²) in [5.74, 6) is 0. The predicted molar refractivity (Wildman–Crippen MR) is 107 cm³/mol. The van der Waals surface area contributed by atoms with Gasteiger partial charge in [0.15, 0.2) is 0 Å². The first kappa shape index (κ1) is 17.8. The Kier molecular flexibility index (Phi) is 5.95. The van der Waals surface area contributed by atoms with Crippen LogP contribution in [0.1, 0.15) is 30.9 Å². The lowest BCUT2D eigenvalue weighted by Crippen LogP contribution is -2.14. The Balaban J connectivity index is 1.86. The first-order valence-electron chi connectivity index (χ1n) is 8.64. The fourth-order valence-corrected chi connectivity index (χ4v) is 3.85. The number of nitrogens with one attached hydrogen (secondary N) is 1. The van der Waals surface area contributed by atoms with Crippen LogP contribution in [0.3, 0.4) is 0 Å². The molecule has 0 aliphatic carbocycles. The highest BCUT2D eigenvalue weighted by atomic mass is 32.2. The monoisotopic (exact) mass is 352 g/mol. The Bertz CT molecular complexity index is 798. The van der Waals surface area contributed by atoms with E-state index in [0.717, 1.165) is 48.7 Å². The minimum atomic E-state index is 0.753. The summed E-state index contributed by atoms with van der Waals surface area (Å²) in [7, 11) is 1.72. The molecule has 0 saturated heterocycles. The second-order valence-electron chi connectivity index (χ2n) is 5.94. The summed E-state index contributed by atoms with van der Waals surface area (Å²) in [6.45, 7) is 7.93. The molecule has 4 heteroatoms. The number of hydrogen-bond acceptors (Lipinski definition) is 4. The molecular formula is C21H24N2OS. The van der Waals surface area contributed by atoms with Gasteiger partial charge in [-0.25, -0.2) is 0 Å². The van der Waals surface area contributed by atoms with Crippen LogP contribution in [0.15, 0.2) is 63.8 Å². The Morgan fingerprint density at radius 3 is 2.84 bits per heavy atom. The maximum atomic E-state index is 5.08. The Labute approximate surface area is 154 Å². The second-order valence-corrected chi connectivity index (χ2v) is 7.03. The van der Waals surface area contributed by atoms with Crippen molar-refractivity contribution >= 4 is 28.9 Å². The summed E-state index contributed by atoms with van der Waals surface area (Å²) in [4.78, 5) is 7.42. The van der Waals surface area contributed by atoms with Gasteiger partial charge < -0.3 is 10.1 Å². The van der Waals surface area contributed by atoms with Gasteiger partial charge in [0.05, 0.1) is 5.69 Å². The zero-order valence-corrected chi connectivity index (χ0v) is 15.7. The van der Waals surface area contributed by atoms with Crippen LogP contribution in [0, 0.1) is 0 Å². The number of rotatable bonds is 7. The highest BCUT2D eigenvalue weighted by Gasteiger charge is 2.16. The predicted octanol–water partition coefficient (Wildman–Crippen LogP) is 5.28. The molecule has 0 fully saturated rings. The van der Waals surface area contributed by atoms with E-state index in [4.69, 9.17) is 9.73 Å². The van der Waals surface area contributed by atoms with Gasteiger partial charge in [0.2, 0.25) is 0 Å². The summed E-state index contributed by atoms with van der Waals surface area (Å²) in [6, 6.07) is 14.9. The van der Waals surface area contributed by atoms with Crippen molar-refractivity contribution < 1.29 is 4.74 Å². The van der Waals surface area contributed by atoms with Crippen LogP contribution < -0.4 is 5.32 Å². The van der Waals surface area contributed by atoms with Gasteiger partial charge in [0, 0.05) is 47.0 Å². The van der Waals surface area contributed by atoms with E-state index < -0.39 is 0 Å². The minimum absolute atomic E-state index is 0.753. The number of fused-ring (bicyclic) bond motifs is 2. The Morgan fingerprint density at radius 1 is 1.20 bits per heavy atom. The molecular weight excluding hydrogens is 328 g/mol. The molecule has 2 aromatic carbocycles. The summed E-state index contributed by atoms with van der Waals surface area (Å²) in [5, 5.41) is 3.37. The molecule has 0 amide bonds. The van der Waals surface area contributed by atoms with Crippen molar-refractivity contribution in [2.75, 3.05) is 20.3 Å². The van der Waals surface area contributed by atoms with E-state index in [-0.39, 0.29) is 0 Å². The van der Waals surface area contributed by atoms with Crippen LogP contribution in [0.4, 0.5) is 5.69 Å². The second kappa shape index (κ2) is 8.37. The van der Waals surface area contributed by atoms with Crippen molar-refractivity contribution in [3.8, 4) is 0 Å². The highest BCUT2D eigenvalue weighted by molar-refractivity contribution is 7.99. The van der Waals surface area contributed by atoms with Crippen molar-refractivity contribution in [3.05, 3.63) is 60.2 Å².